The minimum absolute atomic E-state index is 0.112. The molecule has 0 aliphatic rings. The van der Waals surface area contributed by atoms with Crippen molar-refractivity contribution in [3.8, 4) is 0 Å². The average molecular weight is 241 g/mol. The van der Waals surface area contributed by atoms with Gasteiger partial charge in [0.05, 0.1) is 0 Å². The summed E-state index contributed by atoms with van der Waals surface area (Å²) in [6.07, 6.45) is 0. The van der Waals surface area contributed by atoms with E-state index in [-0.39, 0.29) is 10.3 Å². The van der Waals surface area contributed by atoms with E-state index >= 15 is 0 Å². The Labute approximate surface area is 98.8 Å². The summed E-state index contributed by atoms with van der Waals surface area (Å²) in [5.41, 5.74) is 11.2. The van der Waals surface area contributed by atoms with Gasteiger partial charge in [0.2, 0.25) is 0 Å². The van der Waals surface area contributed by atoms with Crippen LogP contribution < -0.4 is 16.6 Å². The lowest BCUT2D eigenvalue weighted by molar-refractivity contribution is 0.284. The largest absolute Gasteiger partial charge is 0.465 e. The molecule has 0 bridgehead atoms. The molecule has 0 amide bonds. The second kappa shape index (κ2) is 6.15. The van der Waals surface area contributed by atoms with Crippen LogP contribution in [0.15, 0.2) is 30.3 Å². The van der Waals surface area contributed by atoms with Gasteiger partial charge in [-0.15, -0.1) is 0 Å². The molecule has 80 valence electrons. The first-order valence-corrected chi connectivity index (χ1v) is 5.02. The van der Waals surface area contributed by atoms with E-state index in [1.165, 1.54) is 0 Å². The zero-order chi connectivity index (χ0) is 11.1. The van der Waals surface area contributed by atoms with Crippen LogP contribution in [0.5, 0.6) is 0 Å². The number of nitrogens with two attached hydrogens (primary N) is 1. The quantitative estimate of drug-likeness (QED) is 0.526. The molecule has 0 saturated carbocycles. The lowest BCUT2D eigenvalue weighted by Crippen LogP contribution is -2.44. The van der Waals surface area contributed by atoms with Crippen molar-refractivity contribution < 1.29 is 4.74 Å². The Hall–Kier alpha value is -1.40. The molecule has 0 aliphatic heterocycles. The molecule has 0 aromatic heterocycles. The highest BCUT2D eigenvalue weighted by atomic mass is 32.1. The van der Waals surface area contributed by atoms with E-state index in [9.17, 15) is 0 Å². The maximum absolute atomic E-state index is 5.22. The molecular formula is C9H11N3OS2. The number of hydrogen-bond acceptors (Lipinski definition) is 3. The summed E-state index contributed by atoms with van der Waals surface area (Å²) in [6, 6.07) is 9.70. The third kappa shape index (κ3) is 5.14. The van der Waals surface area contributed by atoms with Gasteiger partial charge in [0, 0.05) is 0 Å². The zero-order valence-electron chi connectivity index (χ0n) is 7.90. The van der Waals surface area contributed by atoms with E-state index in [1.54, 1.807) is 0 Å². The van der Waals surface area contributed by atoms with Gasteiger partial charge in [-0.05, 0) is 30.0 Å². The van der Waals surface area contributed by atoms with Crippen LogP contribution >= 0.6 is 24.4 Å². The first kappa shape index (κ1) is 11.7. The van der Waals surface area contributed by atoms with Gasteiger partial charge in [-0.3, -0.25) is 10.9 Å². The second-order valence-corrected chi connectivity index (χ2v) is 3.49. The van der Waals surface area contributed by atoms with Crippen molar-refractivity contribution in [2.75, 3.05) is 0 Å². The predicted molar refractivity (Wildman–Crippen MR) is 66.9 cm³/mol. The summed E-state index contributed by atoms with van der Waals surface area (Å²) < 4.78 is 5.22. The van der Waals surface area contributed by atoms with Crippen LogP contribution in [-0.4, -0.2) is 10.3 Å². The number of rotatable bonds is 2. The normalized spacial score (nSPS) is 9.07. The lowest BCUT2D eigenvalue weighted by atomic mass is 10.2. The number of thiocarbonyl (C=S) groups is 2. The Morgan fingerprint density at radius 3 is 2.47 bits per heavy atom. The van der Waals surface area contributed by atoms with E-state index in [4.69, 9.17) is 22.7 Å². The van der Waals surface area contributed by atoms with Crippen molar-refractivity contribution in [3.05, 3.63) is 35.9 Å². The SMILES string of the molecule is NC(=S)NNC(=S)OCc1ccccc1. The molecule has 15 heavy (non-hydrogen) atoms. The molecule has 0 atom stereocenters. The number of nitrogens with one attached hydrogen (secondary N) is 2. The molecular weight excluding hydrogens is 230 g/mol. The fourth-order valence-corrected chi connectivity index (χ4v) is 1.03. The van der Waals surface area contributed by atoms with Gasteiger partial charge in [-0.1, -0.05) is 30.3 Å². The average Bonchev–Trinajstić information content (AvgIpc) is 2.25. The molecule has 1 aromatic rings. The van der Waals surface area contributed by atoms with Crippen LogP contribution in [-0.2, 0) is 11.3 Å². The van der Waals surface area contributed by atoms with E-state index in [0.717, 1.165) is 5.56 Å². The van der Waals surface area contributed by atoms with Gasteiger partial charge in [0.15, 0.2) is 5.11 Å². The van der Waals surface area contributed by atoms with Gasteiger partial charge < -0.3 is 10.5 Å². The molecule has 0 aliphatic carbocycles. The second-order valence-electron chi connectivity index (χ2n) is 2.68. The van der Waals surface area contributed by atoms with Gasteiger partial charge in [-0.25, -0.2) is 0 Å². The highest BCUT2D eigenvalue weighted by molar-refractivity contribution is 7.80. The van der Waals surface area contributed by atoms with Gasteiger partial charge in [-0.2, -0.15) is 0 Å². The molecule has 1 aromatic carbocycles. The van der Waals surface area contributed by atoms with Crippen molar-refractivity contribution in [3.63, 3.8) is 0 Å². The molecule has 4 N–H and O–H groups in total. The molecule has 0 unspecified atom stereocenters. The predicted octanol–water partition coefficient (Wildman–Crippen LogP) is 0.826. The summed E-state index contributed by atoms with van der Waals surface area (Å²) in [5.74, 6) is 0. The molecule has 4 nitrogen and oxygen atoms in total. The van der Waals surface area contributed by atoms with Crippen LogP contribution in [0.1, 0.15) is 5.56 Å². The Bertz CT molecular complexity index is 342. The highest BCUT2D eigenvalue weighted by Crippen LogP contribution is 2.00. The number of ether oxygens (including phenoxy) is 1. The summed E-state index contributed by atoms with van der Waals surface area (Å²) in [4.78, 5) is 0. The fourth-order valence-electron chi connectivity index (χ4n) is 0.872. The molecule has 0 heterocycles. The summed E-state index contributed by atoms with van der Waals surface area (Å²) in [7, 11) is 0. The topological polar surface area (TPSA) is 59.3 Å². The number of hydrazine groups is 1. The van der Waals surface area contributed by atoms with Crippen LogP contribution in [0.3, 0.4) is 0 Å². The maximum Gasteiger partial charge on any atom is 0.276 e. The Morgan fingerprint density at radius 2 is 1.87 bits per heavy atom. The first-order valence-electron chi connectivity index (χ1n) is 4.20. The van der Waals surface area contributed by atoms with Crippen LogP contribution in [0.4, 0.5) is 0 Å². The van der Waals surface area contributed by atoms with E-state index in [1.807, 2.05) is 30.3 Å². The van der Waals surface area contributed by atoms with Gasteiger partial charge >= 0.3 is 0 Å². The van der Waals surface area contributed by atoms with Crippen LogP contribution in [0.25, 0.3) is 0 Å². The Balaban J connectivity index is 2.26. The lowest BCUT2D eigenvalue weighted by Gasteiger charge is -2.10. The van der Waals surface area contributed by atoms with Crippen molar-refractivity contribution in [2.45, 2.75) is 6.61 Å². The highest BCUT2D eigenvalue weighted by Gasteiger charge is 1.97. The summed E-state index contributed by atoms with van der Waals surface area (Å²) in [6.45, 7) is 0.408. The Morgan fingerprint density at radius 1 is 1.20 bits per heavy atom. The molecule has 0 radical (unpaired) electrons. The Kier molecular flexibility index (Phi) is 4.79. The van der Waals surface area contributed by atoms with Crippen molar-refractivity contribution in [2.24, 2.45) is 5.73 Å². The number of hydrogen-bond donors (Lipinski definition) is 3. The van der Waals surface area contributed by atoms with E-state index in [0.29, 0.717) is 6.61 Å². The molecule has 0 fully saturated rings. The maximum atomic E-state index is 5.22. The number of benzene rings is 1. The minimum Gasteiger partial charge on any atom is -0.465 e. The fraction of sp³-hybridized carbons (Fsp3) is 0.111. The summed E-state index contributed by atoms with van der Waals surface area (Å²) in [5, 5.41) is 0.312. The summed E-state index contributed by atoms with van der Waals surface area (Å²) >= 11 is 9.44. The third-order valence-electron chi connectivity index (χ3n) is 1.50. The van der Waals surface area contributed by atoms with E-state index < -0.39 is 0 Å². The van der Waals surface area contributed by atoms with Crippen molar-refractivity contribution in [1.82, 2.24) is 10.9 Å². The zero-order valence-corrected chi connectivity index (χ0v) is 9.53. The monoisotopic (exact) mass is 241 g/mol. The molecule has 1 rings (SSSR count). The van der Waals surface area contributed by atoms with Crippen LogP contribution in [0.2, 0.25) is 0 Å². The third-order valence-corrected chi connectivity index (χ3v) is 1.82. The standard InChI is InChI=1S/C9H11N3OS2/c10-8(14)11-12-9(15)13-6-7-4-2-1-3-5-7/h1-5H,6H2,(H,12,15)(H3,10,11,14). The van der Waals surface area contributed by atoms with Gasteiger partial charge in [0.25, 0.3) is 5.17 Å². The molecule has 0 spiro atoms. The molecule has 6 heteroatoms. The van der Waals surface area contributed by atoms with Crippen molar-refractivity contribution in [1.29, 1.82) is 0 Å². The molecule has 0 saturated heterocycles. The van der Waals surface area contributed by atoms with Crippen molar-refractivity contribution >= 4 is 34.7 Å². The first-order chi connectivity index (χ1) is 7.18. The minimum atomic E-state index is 0.112. The van der Waals surface area contributed by atoms with Crippen LogP contribution in [0, 0.1) is 0 Å². The van der Waals surface area contributed by atoms with E-state index in [2.05, 4.69) is 23.1 Å². The smallest absolute Gasteiger partial charge is 0.276 e. The van der Waals surface area contributed by atoms with Gasteiger partial charge in [0.1, 0.15) is 6.61 Å².